The monoisotopic (exact) mass is 1300 g/mol. The molecule has 16 rings (SSSR count). The van der Waals surface area contributed by atoms with E-state index in [-0.39, 0.29) is 84.1 Å². The molecule has 4 fully saturated rings. The molecule has 5 aromatic rings. The first-order valence-corrected chi connectivity index (χ1v) is 36.6. The van der Waals surface area contributed by atoms with Crippen molar-refractivity contribution in [1.82, 2.24) is 16.0 Å². The molecule has 0 amide bonds. The van der Waals surface area contributed by atoms with Crippen molar-refractivity contribution >= 4 is 33.6 Å². The van der Waals surface area contributed by atoms with Crippen LogP contribution in [0.5, 0.6) is 28.7 Å². The van der Waals surface area contributed by atoms with Gasteiger partial charge in [-0.2, -0.15) is 0 Å². The Morgan fingerprint density at radius 2 is 1.84 bits per heavy atom. The standard InChI is InChI=1S/C78H84N4O10S2/c1-42(85)89-39-61-56-19-20-57-67-51(30-54(86)32-64(67)90-41-84)34-78-25-24-50(33-78)69-55-18-16-49-31-66(79)82-62(70(49)69)22-17-46-14-15-48(27-44-10-6-12-47(55)26-44)60(38-88-2)52(37-83)35-80-36-59-68(46)71(74(61)91-75(56)72(57)78)58-21-23-63-77(92-76(58)73(59)87)65(29-43-8-4-3-5-9-43)94-93-40-45-11-7-13-53(28-45)81-63/h3-6,8-10,12,19-21,23,26,30-32,45-46,48,50,52-53,55,60-61,63,65-66,69,74,77,80-84,86-87H,7,11,13,16,18,24-25,27-29,33-41,79H2,1-2H3/t45-,46-,48-,50+,52-,53-,55-,60-,61+,63+,65+,66?,69-,74+,77-,78-/m1/s1. The molecule has 6 heterocycles. The molecule has 1 unspecified atom stereocenters. The van der Waals surface area contributed by atoms with Crippen molar-refractivity contribution in [1.29, 1.82) is 0 Å². The Labute approximate surface area is 559 Å². The fourth-order valence-corrected chi connectivity index (χ4v) is 22.2. The summed E-state index contributed by atoms with van der Waals surface area (Å²) >= 11 is 0. The minimum Gasteiger partial charge on any atom is -0.508 e. The van der Waals surface area contributed by atoms with Crippen LogP contribution in [-0.2, 0) is 45.5 Å². The average molecular weight is 1300 g/mol. The molecule has 5 aromatic carbocycles. The van der Waals surface area contributed by atoms with Gasteiger partial charge in [0, 0.05) is 108 Å². The van der Waals surface area contributed by atoms with Crippen molar-refractivity contribution in [3.63, 3.8) is 0 Å². The Morgan fingerprint density at radius 1 is 0.947 bits per heavy atom. The van der Waals surface area contributed by atoms with Crippen LogP contribution >= 0.6 is 21.6 Å². The van der Waals surface area contributed by atoms with Gasteiger partial charge < -0.3 is 65.8 Å². The molecule has 94 heavy (non-hydrogen) atoms. The van der Waals surface area contributed by atoms with Gasteiger partial charge in [-0.25, -0.2) is 0 Å². The molecule has 16 atom stereocenters. The highest BCUT2D eigenvalue weighted by atomic mass is 33.1. The molecule has 13 bridgehead atoms. The number of dihydropyridines is 1. The maximum absolute atomic E-state index is 14.0. The first-order chi connectivity index (χ1) is 45.9. The Bertz CT molecular complexity index is 4050. The zero-order chi connectivity index (χ0) is 63.9. The van der Waals surface area contributed by atoms with Crippen LogP contribution in [0, 0.1) is 59.2 Å². The number of nitrogens with two attached hydrogens (primary N) is 1. The quantitative estimate of drug-likeness (QED) is 0.0299. The summed E-state index contributed by atoms with van der Waals surface area (Å²) in [5.74, 6) is 16.2. The topological polar surface area (TPSA) is 206 Å². The van der Waals surface area contributed by atoms with Crippen LogP contribution in [0.2, 0.25) is 0 Å². The number of fused-ring (bicyclic) bond motifs is 14. The van der Waals surface area contributed by atoms with E-state index in [0.29, 0.717) is 65.9 Å². The lowest BCUT2D eigenvalue weighted by atomic mass is 9.61. The van der Waals surface area contributed by atoms with Gasteiger partial charge in [0.2, 0.25) is 0 Å². The number of methoxy groups -OCH3 is 1. The van der Waals surface area contributed by atoms with E-state index in [1.54, 1.807) is 13.2 Å². The maximum Gasteiger partial charge on any atom is 0.302 e. The van der Waals surface area contributed by atoms with E-state index in [4.69, 9.17) is 29.4 Å². The first-order valence-electron chi connectivity index (χ1n) is 34.3. The highest BCUT2D eigenvalue weighted by molar-refractivity contribution is 8.77. The number of phenols is 2. The number of allylic oxidation sites excluding steroid dienone is 3. The van der Waals surface area contributed by atoms with Crippen LogP contribution in [0.3, 0.4) is 0 Å². The first kappa shape index (κ1) is 62.0. The number of phenolic OH excluding ortho intramolecular Hbond substituents is 2. The van der Waals surface area contributed by atoms with E-state index in [2.05, 4.69) is 125 Å². The number of carbonyl (C=O) groups excluding carboxylic acids is 1. The molecular weight excluding hydrogens is 1220 g/mol. The average Bonchev–Trinajstić information content (AvgIpc) is 1.49. The number of esters is 1. The van der Waals surface area contributed by atoms with E-state index in [9.17, 15) is 25.2 Å². The van der Waals surface area contributed by atoms with Crippen molar-refractivity contribution in [2.75, 3.05) is 46.0 Å². The SMILES string of the molecule is COC[C@H]1[C@@H](CO)CNCc2c(O)c3c(c4c2[C@H]2C#CC5=C6C(=CC(N)N5)CC[C@H](c5cccc(c5)C[C@H]1C#C2)[C@H]6[C@H]1CC[C@]2(Cc5cc(O)cc(OCO)c5-c5ccc6c(c52)O[C@H]4[C@H]6COC(C)=O)C1)C=C[C@@H]1N[C@@H]2CCC[C@@H](CSS[C@@H](Cc4ccccc4)[C@@H]1O3)C2. The second-order valence-corrected chi connectivity index (χ2v) is 31.1. The lowest BCUT2D eigenvalue weighted by molar-refractivity contribution is -0.141. The third kappa shape index (κ3) is 11.1. The Balaban J connectivity index is 1.02. The number of aromatic hydroxyl groups is 2. The van der Waals surface area contributed by atoms with Gasteiger partial charge in [0.05, 0.1) is 35.7 Å². The van der Waals surface area contributed by atoms with Gasteiger partial charge in [-0.05, 0) is 157 Å². The molecule has 6 aliphatic heterocycles. The highest BCUT2D eigenvalue weighted by Crippen LogP contribution is 2.66. The minimum absolute atomic E-state index is 0.00562. The Hall–Kier alpha value is -6.83. The Morgan fingerprint density at radius 3 is 2.69 bits per heavy atom. The molecule has 16 heteroatoms. The van der Waals surface area contributed by atoms with E-state index >= 15 is 0 Å². The van der Waals surface area contributed by atoms with Gasteiger partial charge in [0.15, 0.2) is 18.3 Å². The summed E-state index contributed by atoms with van der Waals surface area (Å²) in [7, 11) is 5.56. The van der Waals surface area contributed by atoms with Gasteiger partial charge in [-0.3, -0.25) is 4.79 Å². The summed E-state index contributed by atoms with van der Waals surface area (Å²) < 4.78 is 34.6. The Kier molecular flexibility index (Phi) is 16.9. The predicted octanol–water partition coefficient (Wildman–Crippen LogP) is 11.3. The molecule has 5 aliphatic carbocycles. The molecular formula is C78H84N4O10S2. The number of carbonyl (C=O) groups is 1. The number of aliphatic hydroxyl groups is 2. The largest absolute Gasteiger partial charge is 0.508 e. The van der Waals surface area contributed by atoms with Crippen molar-refractivity contribution in [2.45, 2.75) is 149 Å². The number of hydrogen-bond donors (Lipinski definition) is 8. The van der Waals surface area contributed by atoms with E-state index in [1.165, 1.54) is 35.6 Å². The summed E-state index contributed by atoms with van der Waals surface area (Å²) in [5, 5.41) is 59.5. The zero-order valence-corrected chi connectivity index (χ0v) is 55.1. The molecule has 1 spiro atoms. The lowest BCUT2D eigenvalue weighted by Gasteiger charge is -2.44. The van der Waals surface area contributed by atoms with Crippen molar-refractivity contribution in [3.05, 3.63) is 163 Å². The fourth-order valence-electron chi connectivity index (χ4n) is 19.0. The smallest absolute Gasteiger partial charge is 0.302 e. The van der Waals surface area contributed by atoms with Gasteiger partial charge in [0.25, 0.3) is 0 Å². The summed E-state index contributed by atoms with van der Waals surface area (Å²) in [5.41, 5.74) is 20.6. The molecule has 1 saturated heterocycles. The minimum atomic E-state index is -0.888. The number of rotatable bonds is 9. The number of benzene rings is 5. The van der Waals surface area contributed by atoms with Gasteiger partial charge >= 0.3 is 5.97 Å². The molecule has 0 aromatic heterocycles. The number of ether oxygens (including phenoxy) is 5. The number of aliphatic hydroxyl groups excluding tert-OH is 2. The van der Waals surface area contributed by atoms with E-state index in [1.807, 2.05) is 27.7 Å². The molecule has 3 saturated carbocycles. The number of hydrogen-bond acceptors (Lipinski definition) is 16. The third-order valence-corrected chi connectivity index (χ3v) is 26.0. The summed E-state index contributed by atoms with van der Waals surface area (Å²) in [6.07, 6.45) is 15.4. The summed E-state index contributed by atoms with van der Waals surface area (Å²) in [6, 6.07) is 27.6. The van der Waals surface area contributed by atoms with Crippen LogP contribution in [0.1, 0.15) is 144 Å². The zero-order valence-electron chi connectivity index (χ0n) is 53.5. The summed E-state index contributed by atoms with van der Waals surface area (Å²) in [4.78, 5) is 13.5. The molecule has 488 valence electrons. The van der Waals surface area contributed by atoms with Crippen LogP contribution in [0.4, 0.5) is 0 Å². The normalized spacial score (nSPS) is 32.1. The van der Waals surface area contributed by atoms with Crippen LogP contribution < -0.4 is 35.9 Å². The van der Waals surface area contributed by atoms with E-state index in [0.717, 1.165) is 108 Å². The molecule has 0 radical (unpaired) electrons. The van der Waals surface area contributed by atoms with Crippen molar-refractivity contribution in [2.24, 2.45) is 41.2 Å². The second-order valence-electron chi connectivity index (χ2n) is 28.5. The summed E-state index contributed by atoms with van der Waals surface area (Å²) in [6.45, 7) is 1.58. The van der Waals surface area contributed by atoms with Crippen LogP contribution in [0.15, 0.2) is 108 Å². The molecule has 11 aliphatic rings. The molecule has 9 N–H and O–H groups in total. The van der Waals surface area contributed by atoms with Crippen LogP contribution in [0.25, 0.3) is 17.2 Å². The molecule has 14 nitrogen and oxygen atoms in total. The van der Waals surface area contributed by atoms with Gasteiger partial charge in [-0.1, -0.05) is 125 Å². The van der Waals surface area contributed by atoms with Gasteiger partial charge in [0.1, 0.15) is 42.0 Å². The fraction of sp³-hybridized carbons (Fsp3) is 0.474. The van der Waals surface area contributed by atoms with Crippen molar-refractivity contribution < 1.29 is 48.9 Å². The highest BCUT2D eigenvalue weighted by Gasteiger charge is 2.55. The number of nitrogens with one attached hydrogen (secondary N) is 3. The third-order valence-electron chi connectivity index (χ3n) is 23.0. The van der Waals surface area contributed by atoms with Gasteiger partial charge in [-0.15, -0.1) is 0 Å². The van der Waals surface area contributed by atoms with Crippen LogP contribution in [-0.4, -0.2) is 102 Å². The maximum atomic E-state index is 14.0. The lowest BCUT2D eigenvalue weighted by Crippen LogP contribution is -2.52. The van der Waals surface area contributed by atoms with E-state index < -0.39 is 48.4 Å². The van der Waals surface area contributed by atoms with Crippen molar-refractivity contribution in [3.8, 4) is 63.6 Å². The second kappa shape index (κ2) is 25.6. The predicted molar refractivity (Wildman–Crippen MR) is 366 cm³/mol.